The lowest BCUT2D eigenvalue weighted by Gasteiger charge is -2.21. The summed E-state index contributed by atoms with van der Waals surface area (Å²) in [6.45, 7) is 10.9. The third-order valence-electron chi connectivity index (χ3n) is 7.22. The standard InChI is InChI=1S/C30H32N2O/c1-6-31-20(3)28(24-12-8-10-14-26(24)31)30(22-16-18-23(33-5)19-17-22)29-21(4)32(7-2)27-15-11-9-13-25(27)29/h8-19,30H,6-7H2,1-5H3. The Bertz CT molecular complexity index is 1350. The summed E-state index contributed by atoms with van der Waals surface area (Å²) in [6.07, 6.45) is 0. The lowest BCUT2D eigenvalue weighted by Crippen LogP contribution is -2.08. The Kier molecular flexibility index (Phi) is 5.49. The monoisotopic (exact) mass is 436 g/mol. The zero-order valence-corrected chi connectivity index (χ0v) is 20.2. The fraction of sp³-hybridized carbons (Fsp3) is 0.267. The van der Waals surface area contributed by atoms with E-state index in [1.165, 1.54) is 49.9 Å². The highest BCUT2D eigenvalue weighted by molar-refractivity contribution is 5.91. The molecule has 0 aliphatic carbocycles. The minimum atomic E-state index is 0.131. The Morgan fingerprint density at radius 2 is 1.12 bits per heavy atom. The zero-order chi connectivity index (χ0) is 23.1. The number of methoxy groups -OCH3 is 1. The van der Waals surface area contributed by atoms with Crippen LogP contribution in [0.4, 0.5) is 0 Å². The Morgan fingerprint density at radius 3 is 1.55 bits per heavy atom. The predicted octanol–water partition coefficient (Wildman–Crippen LogP) is 7.44. The molecule has 0 amide bonds. The number of rotatable bonds is 6. The van der Waals surface area contributed by atoms with Gasteiger partial charge in [0.2, 0.25) is 0 Å². The minimum absolute atomic E-state index is 0.131. The number of hydrogen-bond acceptors (Lipinski definition) is 1. The maximum atomic E-state index is 5.48. The zero-order valence-electron chi connectivity index (χ0n) is 20.2. The molecule has 0 aliphatic heterocycles. The minimum Gasteiger partial charge on any atom is -0.497 e. The molecule has 168 valence electrons. The van der Waals surface area contributed by atoms with E-state index in [-0.39, 0.29) is 5.92 Å². The third kappa shape index (κ3) is 3.26. The second-order valence-electron chi connectivity index (χ2n) is 8.73. The van der Waals surface area contributed by atoms with Crippen LogP contribution in [0.1, 0.15) is 47.8 Å². The van der Waals surface area contributed by atoms with Crippen LogP contribution in [0.5, 0.6) is 5.75 Å². The first kappa shape index (κ1) is 21.4. The molecule has 0 spiro atoms. The van der Waals surface area contributed by atoms with Crippen molar-refractivity contribution in [2.24, 2.45) is 0 Å². The average molecular weight is 437 g/mol. The first-order valence-electron chi connectivity index (χ1n) is 11.9. The van der Waals surface area contributed by atoms with E-state index in [4.69, 9.17) is 4.74 Å². The van der Waals surface area contributed by atoms with Crippen LogP contribution < -0.4 is 4.74 Å². The van der Waals surface area contributed by atoms with Gasteiger partial charge in [0.1, 0.15) is 5.75 Å². The van der Waals surface area contributed by atoms with Crippen LogP contribution in [-0.4, -0.2) is 16.2 Å². The second kappa shape index (κ2) is 8.47. The number of fused-ring (bicyclic) bond motifs is 2. The van der Waals surface area contributed by atoms with E-state index in [0.29, 0.717) is 0 Å². The van der Waals surface area contributed by atoms with E-state index in [1.54, 1.807) is 7.11 Å². The van der Waals surface area contributed by atoms with Crippen LogP contribution in [0.3, 0.4) is 0 Å². The first-order chi connectivity index (χ1) is 16.1. The number of ether oxygens (including phenoxy) is 1. The molecule has 0 fully saturated rings. The Hall–Kier alpha value is -3.46. The molecular formula is C30H32N2O. The molecule has 3 aromatic carbocycles. The van der Waals surface area contributed by atoms with Crippen molar-refractivity contribution in [3.63, 3.8) is 0 Å². The first-order valence-corrected chi connectivity index (χ1v) is 11.9. The molecular weight excluding hydrogens is 404 g/mol. The molecule has 5 aromatic rings. The molecule has 0 saturated heterocycles. The van der Waals surface area contributed by atoms with Crippen LogP contribution in [-0.2, 0) is 13.1 Å². The van der Waals surface area contributed by atoms with Crippen LogP contribution in [0.25, 0.3) is 21.8 Å². The highest BCUT2D eigenvalue weighted by Gasteiger charge is 2.29. The molecule has 3 nitrogen and oxygen atoms in total. The number of aromatic nitrogens is 2. The van der Waals surface area contributed by atoms with Gasteiger partial charge >= 0.3 is 0 Å². The smallest absolute Gasteiger partial charge is 0.118 e. The summed E-state index contributed by atoms with van der Waals surface area (Å²) in [5, 5.41) is 2.68. The highest BCUT2D eigenvalue weighted by atomic mass is 16.5. The fourth-order valence-corrected chi connectivity index (χ4v) is 5.73. The average Bonchev–Trinajstić information content (AvgIpc) is 3.30. The summed E-state index contributed by atoms with van der Waals surface area (Å²) in [6, 6.07) is 26.3. The van der Waals surface area contributed by atoms with Gasteiger partial charge in [0.25, 0.3) is 0 Å². The maximum absolute atomic E-state index is 5.48. The van der Waals surface area contributed by atoms with Crippen molar-refractivity contribution in [3.8, 4) is 5.75 Å². The van der Waals surface area contributed by atoms with Crippen molar-refractivity contribution < 1.29 is 4.74 Å². The number of aryl methyl sites for hydroxylation is 2. The van der Waals surface area contributed by atoms with Crippen molar-refractivity contribution >= 4 is 21.8 Å². The molecule has 0 bridgehead atoms. The predicted molar refractivity (Wildman–Crippen MR) is 139 cm³/mol. The van der Waals surface area contributed by atoms with E-state index in [2.05, 4.69) is 110 Å². The molecule has 0 aliphatic rings. The molecule has 2 heterocycles. The number of nitrogens with zero attached hydrogens (tertiary/aromatic N) is 2. The molecule has 0 atom stereocenters. The summed E-state index contributed by atoms with van der Waals surface area (Å²) >= 11 is 0. The van der Waals surface area contributed by atoms with E-state index in [0.717, 1.165) is 18.8 Å². The van der Waals surface area contributed by atoms with Crippen molar-refractivity contribution in [2.75, 3.05) is 7.11 Å². The van der Waals surface area contributed by atoms with Gasteiger partial charge in [0, 0.05) is 52.2 Å². The van der Waals surface area contributed by atoms with E-state index < -0.39 is 0 Å². The number of para-hydroxylation sites is 2. The molecule has 0 N–H and O–H groups in total. The van der Waals surface area contributed by atoms with Gasteiger partial charge < -0.3 is 13.9 Å². The topological polar surface area (TPSA) is 19.1 Å². The quantitative estimate of drug-likeness (QED) is 0.271. The lowest BCUT2D eigenvalue weighted by molar-refractivity contribution is 0.414. The van der Waals surface area contributed by atoms with Crippen molar-refractivity contribution in [1.29, 1.82) is 0 Å². The molecule has 3 heteroatoms. The van der Waals surface area contributed by atoms with Gasteiger partial charge in [-0.25, -0.2) is 0 Å². The van der Waals surface area contributed by atoms with Gasteiger partial charge in [-0.2, -0.15) is 0 Å². The third-order valence-corrected chi connectivity index (χ3v) is 7.22. The summed E-state index contributed by atoms with van der Waals surface area (Å²) in [5.74, 6) is 1.02. The van der Waals surface area contributed by atoms with Gasteiger partial charge in [-0.1, -0.05) is 48.5 Å². The molecule has 33 heavy (non-hydrogen) atoms. The summed E-state index contributed by atoms with van der Waals surface area (Å²) in [5.41, 5.74) is 9.39. The summed E-state index contributed by atoms with van der Waals surface area (Å²) in [7, 11) is 1.73. The molecule has 0 radical (unpaired) electrons. The molecule has 5 rings (SSSR count). The lowest BCUT2D eigenvalue weighted by atomic mass is 9.82. The summed E-state index contributed by atoms with van der Waals surface area (Å²) in [4.78, 5) is 0. The van der Waals surface area contributed by atoms with Gasteiger partial charge in [0.05, 0.1) is 7.11 Å². The fourth-order valence-electron chi connectivity index (χ4n) is 5.73. The van der Waals surface area contributed by atoms with Crippen LogP contribution in [0.15, 0.2) is 72.8 Å². The van der Waals surface area contributed by atoms with E-state index in [9.17, 15) is 0 Å². The second-order valence-corrected chi connectivity index (χ2v) is 8.73. The Morgan fingerprint density at radius 1 is 0.667 bits per heavy atom. The summed E-state index contributed by atoms with van der Waals surface area (Å²) < 4.78 is 10.4. The van der Waals surface area contributed by atoms with Gasteiger partial charge in [-0.05, 0) is 68.7 Å². The molecule has 0 saturated carbocycles. The van der Waals surface area contributed by atoms with Crippen molar-refractivity contribution in [3.05, 3.63) is 101 Å². The van der Waals surface area contributed by atoms with Crippen LogP contribution >= 0.6 is 0 Å². The van der Waals surface area contributed by atoms with Gasteiger partial charge in [0.15, 0.2) is 0 Å². The van der Waals surface area contributed by atoms with E-state index >= 15 is 0 Å². The van der Waals surface area contributed by atoms with Crippen molar-refractivity contribution in [2.45, 2.75) is 46.7 Å². The normalized spacial score (nSPS) is 11.7. The van der Waals surface area contributed by atoms with Crippen molar-refractivity contribution in [1.82, 2.24) is 9.13 Å². The number of hydrogen-bond donors (Lipinski definition) is 0. The Balaban J connectivity index is 1.90. The van der Waals surface area contributed by atoms with Gasteiger partial charge in [-0.3, -0.25) is 0 Å². The maximum Gasteiger partial charge on any atom is 0.118 e. The molecule has 2 aromatic heterocycles. The molecule has 0 unspecified atom stereocenters. The SMILES string of the molecule is CCn1c(C)c(C(c2ccc(OC)cc2)c2c(C)n(CC)c3ccccc23)c2ccccc21. The van der Waals surface area contributed by atoms with Crippen LogP contribution in [0, 0.1) is 13.8 Å². The van der Waals surface area contributed by atoms with Crippen LogP contribution in [0.2, 0.25) is 0 Å². The van der Waals surface area contributed by atoms with E-state index in [1.807, 2.05) is 0 Å². The largest absolute Gasteiger partial charge is 0.497 e. The highest BCUT2D eigenvalue weighted by Crippen LogP contribution is 2.44. The number of benzene rings is 3. The van der Waals surface area contributed by atoms with Gasteiger partial charge in [-0.15, -0.1) is 0 Å². The Labute approximate surface area is 196 Å².